The maximum Gasteiger partial charge on any atom is 0.321 e. The van der Waals surface area contributed by atoms with Crippen LogP contribution in [0.5, 0.6) is 0 Å². The van der Waals surface area contributed by atoms with Crippen LogP contribution in [0.15, 0.2) is 54.6 Å². The summed E-state index contributed by atoms with van der Waals surface area (Å²) in [6.45, 7) is 0.762. The van der Waals surface area contributed by atoms with Crippen LogP contribution in [0.1, 0.15) is 18.4 Å². The highest BCUT2D eigenvalue weighted by Gasteiger charge is 2.29. The third kappa shape index (κ3) is 4.85. The topological polar surface area (TPSA) is 102 Å². The average molecular weight is 383 g/mol. The van der Waals surface area contributed by atoms with Crippen molar-refractivity contribution < 1.29 is 19.2 Å². The van der Waals surface area contributed by atoms with Gasteiger partial charge in [0.05, 0.1) is 16.4 Å². The second-order valence-electron chi connectivity index (χ2n) is 6.55. The minimum Gasteiger partial charge on any atom is -0.460 e. The van der Waals surface area contributed by atoms with E-state index in [0.29, 0.717) is 31.5 Å². The van der Waals surface area contributed by atoms with Gasteiger partial charge >= 0.3 is 12.0 Å². The number of rotatable bonds is 5. The molecule has 8 heteroatoms. The van der Waals surface area contributed by atoms with Crippen LogP contribution in [0.25, 0.3) is 0 Å². The number of esters is 1. The van der Waals surface area contributed by atoms with Gasteiger partial charge < -0.3 is 15.0 Å². The molecule has 0 bridgehead atoms. The summed E-state index contributed by atoms with van der Waals surface area (Å²) in [5.41, 5.74) is 1.02. The van der Waals surface area contributed by atoms with Crippen LogP contribution in [0.3, 0.4) is 0 Å². The molecule has 1 saturated heterocycles. The van der Waals surface area contributed by atoms with Gasteiger partial charge in [0.2, 0.25) is 0 Å². The summed E-state index contributed by atoms with van der Waals surface area (Å²) in [6, 6.07) is 15.2. The van der Waals surface area contributed by atoms with Gasteiger partial charge in [-0.2, -0.15) is 0 Å². The lowest BCUT2D eigenvalue weighted by Crippen LogP contribution is -2.42. The molecule has 0 saturated carbocycles. The maximum atomic E-state index is 12.3. The fourth-order valence-electron chi connectivity index (χ4n) is 3.12. The number of hydrogen-bond donors (Lipinski definition) is 1. The van der Waals surface area contributed by atoms with Gasteiger partial charge in [-0.05, 0) is 31.0 Å². The highest BCUT2D eigenvalue weighted by molar-refractivity contribution is 5.89. The first-order valence-electron chi connectivity index (χ1n) is 9.04. The van der Waals surface area contributed by atoms with Crippen molar-refractivity contribution in [2.75, 3.05) is 18.4 Å². The quantitative estimate of drug-likeness (QED) is 0.483. The van der Waals surface area contributed by atoms with E-state index >= 15 is 0 Å². The van der Waals surface area contributed by atoms with E-state index in [-0.39, 0.29) is 30.2 Å². The largest absolute Gasteiger partial charge is 0.460 e. The minimum atomic E-state index is -0.493. The Morgan fingerprint density at radius 1 is 1.07 bits per heavy atom. The van der Waals surface area contributed by atoms with Crippen LogP contribution in [-0.2, 0) is 16.1 Å². The summed E-state index contributed by atoms with van der Waals surface area (Å²) in [5, 5.41) is 13.8. The van der Waals surface area contributed by atoms with E-state index in [1.807, 2.05) is 30.3 Å². The molecule has 0 spiro atoms. The van der Waals surface area contributed by atoms with Crippen molar-refractivity contribution in [2.24, 2.45) is 5.92 Å². The number of hydrogen-bond acceptors (Lipinski definition) is 5. The van der Waals surface area contributed by atoms with Gasteiger partial charge in [-0.1, -0.05) is 30.3 Å². The molecule has 0 atom stereocenters. The molecule has 8 nitrogen and oxygen atoms in total. The van der Waals surface area contributed by atoms with E-state index in [0.717, 1.165) is 5.69 Å². The maximum absolute atomic E-state index is 12.3. The molecule has 0 unspecified atom stereocenters. The van der Waals surface area contributed by atoms with Crippen LogP contribution in [-0.4, -0.2) is 34.9 Å². The molecular weight excluding hydrogens is 362 g/mol. The molecule has 1 N–H and O–H groups in total. The second kappa shape index (κ2) is 8.98. The molecule has 0 aromatic heterocycles. The Bertz CT molecular complexity index is 848. The number of urea groups is 1. The van der Waals surface area contributed by atoms with E-state index in [9.17, 15) is 19.7 Å². The highest BCUT2D eigenvalue weighted by Crippen LogP contribution is 2.22. The van der Waals surface area contributed by atoms with Crippen LogP contribution in [0.2, 0.25) is 0 Å². The number of anilines is 1. The van der Waals surface area contributed by atoms with E-state index in [2.05, 4.69) is 5.32 Å². The van der Waals surface area contributed by atoms with E-state index in [4.69, 9.17) is 4.74 Å². The Balaban J connectivity index is 1.47. The number of benzene rings is 2. The van der Waals surface area contributed by atoms with Gasteiger partial charge in [-0.25, -0.2) is 4.79 Å². The number of nitrogens with zero attached hydrogens (tertiary/aromatic N) is 2. The normalized spacial score (nSPS) is 14.4. The Hall–Kier alpha value is -3.42. The van der Waals surface area contributed by atoms with Crippen molar-refractivity contribution in [3.05, 3.63) is 70.3 Å². The fraction of sp³-hybridized carbons (Fsp3) is 0.300. The zero-order valence-electron chi connectivity index (χ0n) is 15.2. The predicted octanol–water partition coefficient (Wildman–Crippen LogP) is 3.58. The van der Waals surface area contributed by atoms with Gasteiger partial charge in [0.1, 0.15) is 6.61 Å². The first-order valence-corrected chi connectivity index (χ1v) is 9.04. The van der Waals surface area contributed by atoms with Gasteiger partial charge in [-0.3, -0.25) is 14.9 Å². The van der Waals surface area contributed by atoms with Crippen LogP contribution < -0.4 is 5.32 Å². The Morgan fingerprint density at radius 2 is 1.71 bits per heavy atom. The number of ether oxygens (including phenoxy) is 1. The zero-order chi connectivity index (χ0) is 19.9. The van der Waals surface area contributed by atoms with Crippen molar-refractivity contribution >= 4 is 23.4 Å². The molecule has 1 heterocycles. The molecular formula is C20H21N3O5. The van der Waals surface area contributed by atoms with E-state index < -0.39 is 4.92 Å². The Labute approximate surface area is 162 Å². The van der Waals surface area contributed by atoms with Crippen molar-refractivity contribution in [1.29, 1.82) is 0 Å². The minimum absolute atomic E-state index is 0.0669. The number of amides is 2. The Morgan fingerprint density at radius 3 is 2.39 bits per heavy atom. The smallest absolute Gasteiger partial charge is 0.321 e. The number of nitro benzene ring substituents is 1. The lowest BCUT2D eigenvalue weighted by molar-refractivity contribution is -0.385. The van der Waals surface area contributed by atoms with E-state index in [1.165, 1.54) is 6.07 Å². The molecule has 2 amide bonds. The second-order valence-corrected chi connectivity index (χ2v) is 6.55. The van der Waals surface area contributed by atoms with Crippen molar-refractivity contribution in [1.82, 2.24) is 4.90 Å². The summed E-state index contributed by atoms with van der Waals surface area (Å²) < 4.78 is 5.29. The monoisotopic (exact) mass is 383 g/mol. The number of piperidine rings is 1. The molecule has 1 aliphatic rings. The van der Waals surface area contributed by atoms with Gasteiger partial charge in [0, 0.05) is 24.8 Å². The molecule has 28 heavy (non-hydrogen) atoms. The van der Waals surface area contributed by atoms with Crippen molar-refractivity contribution in [3.63, 3.8) is 0 Å². The number of nitro groups is 1. The lowest BCUT2D eigenvalue weighted by Gasteiger charge is -2.31. The number of nitrogens with one attached hydrogen (secondary N) is 1. The molecule has 146 valence electrons. The van der Waals surface area contributed by atoms with Crippen LogP contribution in [0, 0.1) is 16.0 Å². The number of para-hydroxylation sites is 2. The molecule has 1 aliphatic heterocycles. The highest BCUT2D eigenvalue weighted by atomic mass is 16.6. The zero-order valence-corrected chi connectivity index (χ0v) is 15.2. The van der Waals surface area contributed by atoms with Gasteiger partial charge in [-0.15, -0.1) is 0 Å². The predicted molar refractivity (Wildman–Crippen MR) is 103 cm³/mol. The molecule has 0 aliphatic carbocycles. The first-order chi connectivity index (χ1) is 13.5. The third-order valence-corrected chi connectivity index (χ3v) is 4.70. The first kappa shape index (κ1) is 19.3. The van der Waals surface area contributed by atoms with Crippen molar-refractivity contribution in [3.8, 4) is 0 Å². The van der Waals surface area contributed by atoms with Crippen LogP contribution in [0.4, 0.5) is 16.2 Å². The fourth-order valence-corrected chi connectivity index (χ4v) is 3.12. The number of carbonyl (C=O) groups excluding carboxylic acids is 2. The number of likely N-dealkylation sites (tertiary alicyclic amines) is 1. The SMILES string of the molecule is O=C(OCc1ccccc1[N+](=O)[O-])C1CCN(C(=O)Nc2ccccc2)CC1. The van der Waals surface area contributed by atoms with Gasteiger partial charge in [0.25, 0.3) is 5.69 Å². The standard InChI is InChI=1S/C20H21N3O5/c24-19(28-14-16-6-4-5-9-18(16)23(26)27)15-10-12-22(13-11-15)20(25)21-17-7-2-1-3-8-17/h1-9,15H,10-14H2,(H,21,25). The Kier molecular flexibility index (Phi) is 6.21. The molecule has 1 fully saturated rings. The molecule has 2 aromatic rings. The summed E-state index contributed by atoms with van der Waals surface area (Å²) in [6.07, 6.45) is 0.996. The van der Waals surface area contributed by atoms with Crippen LogP contribution >= 0.6 is 0 Å². The molecule has 3 rings (SSSR count). The summed E-state index contributed by atoms with van der Waals surface area (Å²) in [7, 11) is 0. The summed E-state index contributed by atoms with van der Waals surface area (Å²) in [4.78, 5) is 36.8. The van der Waals surface area contributed by atoms with E-state index in [1.54, 1.807) is 23.1 Å². The van der Waals surface area contributed by atoms with Gasteiger partial charge in [0.15, 0.2) is 0 Å². The average Bonchev–Trinajstić information content (AvgIpc) is 2.73. The molecule has 0 radical (unpaired) electrons. The molecule has 2 aromatic carbocycles. The van der Waals surface area contributed by atoms with Crippen molar-refractivity contribution in [2.45, 2.75) is 19.4 Å². The number of carbonyl (C=O) groups is 2. The summed E-state index contributed by atoms with van der Waals surface area (Å²) in [5.74, 6) is -0.704. The lowest BCUT2D eigenvalue weighted by atomic mass is 9.97. The summed E-state index contributed by atoms with van der Waals surface area (Å²) >= 11 is 0. The third-order valence-electron chi connectivity index (χ3n) is 4.70.